The van der Waals surface area contributed by atoms with Gasteiger partial charge in [0.2, 0.25) is 10.0 Å². The van der Waals surface area contributed by atoms with Crippen molar-refractivity contribution >= 4 is 32.7 Å². The normalized spacial score (nSPS) is 21.8. The van der Waals surface area contributed by atoms with Crippen LogP contribution in [0, 0.1) is 18.3 Å². The van der Waals surface area contributed by atoms with Gasteiger partial charge in [-0.1, -0.05) is 13.8 Å². The number of ketones is 1. The maximum atomic E-state index is 13.5. The molecule has 8 heteroatoms. The molecule has 0 spiro atoms. The summed E-state index contributed by atoms with van der Waals surface area (Å²) in [6, 6.07) is 3.45. The summed E-state index contributed by atoms with van der Waals surface area (Å²) in [5.74, 6) is -0.682. The van der Waals surface area contributed by atoms with Crippen LogP contribution in [0.25, 0.3) is 10.9 Å². The molecule has 31 heavy (non-hydrogen) atoms. The van der Waals surface area contributed by atoms with Crippen LogP contribution in [0.1, 0.15) is 61.6 Å². The van der Waals surface area contributed by atoms with Gasteiger partial charge in [-0.25, -0.2) is 8.42 Å². The van der Waals surface area contributed by atoms with Crippen LogP contribution in [-0.2, 0) is 26.0 Å². The second-order valence-corrected chi connectivity index (χ2v) is 11.4. The number of aromatic amines is 1. The average molecular weight is 447 g/mol. The topological polar surface area (TPSA) is 96.5 Å². The van der Waals surface area contributed by atoms with Crippen molar-refractivity contribution in [2.24, 2.45) is 11.3 Å². The van der Waals surface area contributed by atoms with Gasteiger partial charge in [0, 0.05) is 41.7 Å². The number of piperidine rings is 1. The predicted octanol–water partition coefficient (Wildman–Crippen LogP) is 3.60. The molecule has 1 aliphatic heterocycles. The maximum absolute atomic E-state index is 13.5. The summed E-state index contributed by atoms with van der Waals surface area (Å²) in [6.07, 6.45) is 2.47. The van der Waals surface area contributed by atoms with E-state index in [9.17, 15) is 18.0 Å². The first-order chi connectivity index (χ1) is 14.5. The van der Waals surface area contributed by atoms with Crippen LogP contribution in [0.15, 0.2) is 17.0 Å². The highest BCUT2D eigenvalue weighted by Gasteiger charge is 2.37. The molecule has 0 unspecified atom stereocenters. The molecule has 2 aliphatic rings. The number of rotatable bonds is 4. The number of H-pyrrole nitrogens is 1. The Morgan fingerprint density at radius 3 is 2.74 bits per heavy atom. The predicted molar refractivity (Wildman–Crippen MR) is 118 cm³/mol. The van der Waals surface area contributed by atoms with Crippen LogP contribution in [0.4, 0.5) is 0 Å². The molecule has 7 nitrogen and oxygen atoms in total. The van der Waals surface area contributed by atoms with Crippen LogP contribution in [0.3, 0.4) is 0 Å². The quantitative estimate of drug-likeness (QED) is 0.724. The van der Waals surface area contributed by atoms with Gasteiger partial charge in [0.1, 0.15) is 0 Å². The lowest BCUT2D eigenvalue weighted by atomic mass is 9.76. The number of hydrogen-bond acceptors (Lipinski definition) is 5. The van der Waals surface area contributed by atoms with Gasteiger partial charge in [0.25, 0.3) is 0 Å². The van der Waals surface area contributed by atoms with Crippen molar-refractivity contribution in [2.75, 3.05) is 19.7 Å². The Morgan fingerprint density at radius 2 is 2.03 bits per heavy atom. The van der Waals surface area contributed by atoms with Gasteiger partial charge in [-0.2, -0.15) is 4.31 Å². The third kappa shape index (κ3) is 3.91. The van der Waals surface area contributed by atoms with E-state index in [2.05, 4.69) is 18.8 Å². The first-order valence-electron chi connectivity index (χ1n) is 10.9. The molecule has 1 aliphatic carbocycles. The minimum Gasteiger partial charge on any atom is -0.466 e. The van der Waals surface area contributed by atoms with Crippen molar-refractivity contribution in [3.63, 3.8) is 0 Å². The minimum absolute atomic E-state index is 0.0980. The summed E-state index contributed by atoms with van der Waals surface area (Å²) in [5.41, 5.74) is 2.72. The SMILES string of the molecule is CCOC(=O)[C@H]1CCCN(S(=O)(=O)c2cc3[nH]c4c(c3cc2C)C(=O)CC(C)(C)C4)C1. The van der Waals surface area contributed by atoms with Crippen LogP contribution >= 0.6 is 0 Å². The molecule has 1 aromatic carbocycles. The molecule has 1 aromatic heterocycles. The fourth-order valence-electron chi connectivity index (χ4n) is 4.93. The summed E-state index contributed by atoms with van der Waals surface area (Å²) in [5, 5.41) is 0.787. The Balaban J connectivity index is 1.71. The van der Waals surface area contributed by atoms with Gasteiger partial charge in [-0.3, -0.25) is 9.59 Å². The Hall–Kier alpha value is -2.19. The third-order valence-electron chi connectivity index (χ3n) is 6.37. The first kappa shape index (κ1) is 22.0. The van der Waals surface area contributed by atoms with Crippen LogP contribution < -0.4 is 0 Å². The number of esters is 1. The molecule has 0 saturated carbocycles. The van der Waals surface area contributed by atoms with Gasteiger partial charge in [0.15, 0.2) is 5.78 Å². The molecule has 1 fully saturated rings. The van der Waals surface area contributed by atoms with Gasteiger partial charge in [-0.05, 0) is 56.2 Å². The van der Waals surface area contributed by atoms with E-state index in [1.54, 1.807) is 26.0 Å². The summed E-state index contributed by atoms with van der Waals surface area (Å²) in [4.78, 5) is 28.5. The number of sulfonamides is 1. The summed E-state index contributed by atoms with van der Waals surface area (Å²) < 4.78 is 33.5. The molecular formula is C23H30N2O5S. The van der Waals surface area contributed by atoms with Crippen LogP contribution in [0.2, 0.25) is 0 Å². The van der Waals surface area contributed by atoms with Crippen molar-refractivity contribution in [3.8, 4) is 0 Å². The molecule has 0 radical (unpaired) electrons. The van der Waals surface area contributed by atoms with E-state index in [4.69, 9.17) is 4.74 Å². The largest absolute Gasteiger partial charge is 0.466 e. The van der Waals surface area contributed by atoms with E-state index >= 15 is 0 Å². The van der Waals surface area contributed by atoms with Crippen molar-refractivity contribution < 1.29 is 22.7 Å². The number of fused-ring (bicyclic) bond motifs is 3. The summed E-state index contributed by atoms with van der Waals surface area (Å²) in [7, 11) is -3.78. The van der Waals surface area contributed by atoms with Gasteiger partial charge >= 0.3 is 5.97 Å². The highest BCUT2D eigenvalue weighted by atomic mass is 32.2. The lowest BCUT2D eigenvalue weighted by molar-refractivity contribution is -0.149. The number of carbonyl (C=O) groups excluding carboxylic acids is 2. The number of nitrogens with zero attached hydrogens (tertiary/aromatic N) is 1. The average Bonchev–Trinajstić information content (AvgIpc) is 3.03. The number of ether oxygens (including phenoxy) is 1. The fraction of sp³-hybridized carbons (Fsp3) is 0.565. The maximum Gasteiger partial charge on any atom is 0.310 e. The van der Waals surface area contributed by atoms with E-state index in [1.165, 1.54) is 4.31 Å². The van der Waals surface area contributed by atoms with Crippen molar-refractivity contribution in [3.05, 3.63) is 29.0 Å². The lowest BCUT2D eigenvalue weighted by Gasteiger charge is -2.31. The highest BCUT2D eigenvalue weighted by Crippen LogP contribution is 2.39. The molecule has 168 valence electrons. The second kappa shape index (κ2) is 7.74. The van der Waals surface area contributed by atoms with Gasteiger partial charge in [-0.15, -0.1) is 0 Å². The molecule has 4 rings (SSSR count). The molecule has 1 N–H and O–H groups in total. The minimum atomic E-state index is -3.78. The van der Waals surface area contributed by atoms with E-state index in [0.29, 0.717) is 42.5 Å². The van der Waals surface area contributed by atoms with Crippen molar-refractivity contribution in [1.82, 2.24) is 9.29 Å². The summed E-state index contributed by atoms with van der Waals surface area (Å²) >= 11 is 0. The zero-order valence-electron chi connectivity index (χ0n) is 18.6. The molecule has 2 aromatic rings. The molecule has 2 heterocycles. The Morgan fingerprint density at radius 1 is 1.29 bits per heavy atom. The number of hydrogen-bond donors (Lipinski definition) is 1. The number of aryl methyl sites for hydroxylation is 1. The van der Waals surface area contributed by atoms with Crippen LogP contribution in [0.5, 0.6) is 0 Å². The van der Waals surface area contributed by atoms with E-state index in [1.807, 2.05) is 0 Å². The lowest BCUT2D eigenvalue weighted by Crippen LogP contribution is -2.42. The van der Waals surface area contributed by atoms with Crippen molar-refractivity contribution in [1.29, 1.82) is 0 Å². The number of carbonyl (C=O) groups is 2. The molecular weight excluding hydrogens is 416 g/mol. The fourth-order valence-corrected chi connectivity index (χ4v) is 6.69. The molecule has 0 bridgehead atoms. The van der Waals surface area contributed by atoms with Gasteiger partial charge in [0.05, 0.1) is 17.4 Å². The van der Waals surface area contributed by atoms with E-state index < -0.39 is 15.9 Å². The number of nitrogens with one attached hydrogen (secondary N) is 1. The molecule has 1 atom stereocenters. The zero-order valence-corrected chi connectivity index (χ0v) is 19.4. The van der Waals surface area contributed by atoms with Crippen LogP contribution in [-0.4, -0.2) is 49.2 Å². The molecule has 0 amide bonds. The van der Waals surface area contributed by atoms with E-state index in [0.717, 1.165) is 17.5 Å². The number of aromatic nitrogens is 1. The van der Waals surface area contributed by atoms with E-state index in [-0.39, 0.29) is 35.2 Å². The third-order valence-corrected chi connectivity index (χ3v) is 8.37. The standard InChI is InChI=1S/C23H30N2O5S/c1-5-30-22(27)15-7-6-8-25(13-15)31(28,29)20-10-17-16(9-14(20)2)21-18(24-17)11-23(3,4)12-19(21)26/h9-10,15,24H,5-8,11-13H2,1-4H3/t15-/m0/s1. The first-order valence-corrected chi connectivity index (χ1v) is 12.3. The Bertz CT molecular complexity index is 1160. The molecule has 1 saturated heterocycles. The smallest absolute Gasteiger partial charge is 0.310 e. The highest BCUT2D eigenvalue weighted by molar-refractivity contribution is 7.89. The Kier molecular flexibility index (Phi) is 5.50. The number of Topliss-reactive ketones (excluding diaryl/α,β-unsaturated/α-hetero) is 1. The summed E-state index contributed by atoms with van der Waals surface area (Å²) in [6.45, 7) is 8.43. The van der Waals surface area contributed by atoms with Gasteiger partial charge < -0.3 is 9.72 Å². The van der Waals surface area contributed by atoms with Crippen molar-refractivity contribution in [2.45, 2.75) is 58.3 Å². The zero-order chi connectivity index (χ0) is 22.6. The Labute approximate surface area is 183 Å². The number of benzene rings is 1. The monoisotopic (exact) mass is 446 g/mol. The second-order valence-electron chi connectivity index (χ2n) is 9.54.